The summed E-state index contributed by atoms with van der Waals surface area (Å²) >= 11 is 1.77. The zero-order chi connectivity index (χ0) is 10.8. The quantitative estimate of drug-likeness (QED) is 0.861. The Kier molecular flexibility index (Phi) is 2.80. The first kappa shape index (κ1) is 10.1. The van der Waals surface area contributed by atoms with E-state index in [0.29, 0.717) is 6.10 Å². The lowest BCUT2D eigenvalue weighted by molar-refractivity contribution is 0.164. The third kappa shape index (κ3) is 1.93. The molecule has 1 N–H and O–H groups in total. The van der Waals surface area contributed by atoms with E-state index in [1.54, 1.807) is 11.3 Å². The largest absolute Gasteiger partial charge is 0.490 e. The first-order valence-electron chi connectivity index (χ1n) is 5.77. The van der Waals surface area contributed by atoms with Crippen LogP contribution in [-0.4, -0.2) is 19.2 Å². The van der Waals surface area contributed by atoms with E-state index in [4.69, 9.17) is 4.74 Å². The monoisotopic (exact) mass is 233 g/mol. The molecular formula is C13H15NOS. The number of ether oxygens (including phenoxy) is 1. The van der Waals surface area contributed by atoms with Crippen molar-refractivity contribution in [1.82, 2.24) is 5.32 Å². The van der Waals surface area contributed by atoms with Gasteiger partial charge in [0.05, 0.1) is 0 Å². The zero-order valence-electron chi connectivity index (χ0n) is 9.11. The maximum absolute atomic E-state index is 6.09. The number of rotatable bonds is 2. The van der Waals surface area contributed by atoms with E-state index in [1.807, 2.05) is 0 Å². The maximum Gasteiger partial charge on any atom is 0.128 e. The Hall–Kier alpha value is -1.06. The van der Waals surface area contributed by atoms with Crippen molar-refractivity contribution in [3.8, 4) is 5.75 Å². The second-order valence-corrected chi connectivity index (χ2v) is 5.10. The molecule has 0 bridgehead atoms. The number of nitrogens with one attached hydrogen (secondary N) is 1. The Labute approximate surface area is 99.2 Å². The summed E-state index contributed by atoms with van der Waals surface area (Å²) in [4.78, 5) is 0. The van der Waals surface area contributed by atoms with Crippen molar-refractivity contribution < 1.29 is 4.74 Å². The van der Waals surface area contributed by atoms with Gasteiger partial charge in [-0.3, -0.25) is 0 Å². The molecule has 1 fully saturated rings. The minimum absolute atomic E-state index is 0.381. The van der Waals surface area contributed by atoms with Gasteiger partial charge in [0.25, 0.3) is 0 Å². The molecule has 0 saturated carbocycles. The summed E-state index contributed by atoms with van der Waals surface area (Å²) in [6.45, 7) is 2.15. The van der Waals surface area contributed by atoms with Gasteiger partial charge < -0.3 is 10.1 Å². The van der Waals surface area contributed by atoms with Crippen molar-refractivity contribution in [2.75, 3.05) is 13.1 Å². The highest BCUT2D eigenvalue weighted by Gasteiger charge is 2.15. The molecule has 2 nitrogen and oxygen atoms in total. The summed E-state index contributed by atoms with van der Waals surface area (Å²) in [5.74, 6) is 1.05. The Morgan fingerprint density at radius 3 is 2.94 bits per heavy atom. The summed E-state index contributed by atoms with van der Waals surface area (Å²) in [7, 11) is 0. The van der Waals surface area contributed by atoms with Crippen molar-refractivity contribution in [3.05, 3.63) is 29.6 Å². The van der Waals surface area contributed by atoms with E-state index in [1.165, 1.54) is 10.1 Å². The molecule has 1 aromatic carbocycles. The van der Waals surface area contributed by atoms with Gasteiger partial charge in [-0.25, -0.2) is 0 Å². The second kappa shape index (κ2) is 4.44. The van der Waals surface area contributed by atoms with E-state index >= 15 is 0 Å². The smallest absolute Gasteiger partial charge is 0.128 e. The van der Waals surface area contributed by atoms with Crippen molar-refractivity contribution in [2.24, 2.45) is 0 Å². The third-order valence-corrected chi connectivity index (χ3v) is 3.92. The van der Waals surface area contributed by atoms with E-state index in [9.17, 15) is 0 Å². The fraction of sp³-hybridized carbons (Fsp3) is 0.385. The van der Waals surface area contributed by atoms with Gasteiger partial charge in [-0.2, -0.15) is 0 Å². The predicted molar refractivity (Wildman–Crippen MR) is 68.3 cm³/mol. The van der Waals surface area contributed by atoms with Crippen LogP contribution in [-0.2, 0) is 0 Å². The van der Waals surface area contributed by atoms with Crippen LogP contribution in [0.4, 0.5) is 0 Å². The molecule has 0 atom stereocenters. The third-order valence-electron chi connectivity index (χ3n) is 3.04. The van der Waals surface area contributed by atoms with Crippen LogP contribution in [0, 0.1) is 0 Å². The molecule has 84 valence electrons. The van der Waals surface area contributed by atoms with Gasteiger partial charge in [0, 0.05) is 10.1 Å². The van der Waals surface area contributed by atoms with E-state index in [-0.39, 0.29) is 0 Å². The highest BCUT2D eigenvalue weighted by Crippen LogP contribution is 2.30. The van der Waals surface area contributed by atoms with Gasteiger partial charge >= 0.3 is 0 Å². The minimum Gasteiger partial charge on any atom is -0.490 e. The van der Waals surface area contributed by atoms with E-state index in [0.717, 1.165) is 31.7 Å². The van der Waals surface area contributed by atoms with E-state index in [2.05, 4.69) is 35.0 Å². The molecule has 3 rings (SSSR count). The molecule has 0 radical (unpaired) electrons. The number of thiophene rings is 1. The van der Waals surface area contributed by atoms with Crippen molar-refractivity contribution in [3.63, 3.8) is 0 Å². The molecule has 0 unspecified atom stereocenters. The van der Waals surface area contributed by atoms with Crippen LogP contribution in [0.5, 0.6) is 5.75 Å². The van der Waals surface area contributed by atoms with Crippen molar-refractivity contribution >= 4 is 21.4 Å². The second-order valence-electron chi connectivity index (χ2n) is 4.16. The van der Waals surface area contributed by atoms with Crippen molar-refractivity contribution in [2.45, 2.75) is 18.9 Å². The molecule has 0 aliphatic carbocycles. The van der Waals surface area contributed by atoms with Gasteiger partial charge in [0.1, 0.15) is 11.9 Å². The lowest BCUT2D eigenvalue weighted by Gasteiger charge is -2.24. The topological polar surface area (TPSA) is 21.3 Å². The summed E-state index contributed by atoms with van der Waals surface area (Å²) in [5.41, 5.74) is 0. The summed E-state index contributed by atoms with van der Waals surface area (Å²) in [5, 5.41) is 6.74. The first-order valence-corrected chi connectivity index (χ1v) is 6.65. The summed E-state index contributed by atoms with van der Waals surface area (Å²) in [6.07, 6.45) is 2.60. The van der Waals surface area contributed by atoms with Crippen LogP contribution in [0.1, 0.15) is 12.8 Å². The van der Waals surface area contributed by atoms with Gasteiger partial charge in [-0.1, -0.05) is 6.07 Å². The lowest BCUT2D eigenvalue weighted by atomic mass is 10.1. The fourth-order valence-corrected chi connectivity index (χ4v) is 2.97. The van der Waals surface area contributed by atoms with Crippen LogP contribution in [0.3, 0.4) is 0 Å². The average Bonchev–Trinajstić information content (AvgIpc) is 2.80. The van der Waals surface area contributed by atoms with Crippen LogP contribution in [0.2, 0.25) is 0 Å². The lowest BCUT2D eigenvalue weighted by Crippen LogP contribution is -2.34. The van der Waals surface area contributed by atoms with Gasteiger partial charge in [0.15, 0.2) is 0 Å². The fourth-order valence-electron chi connectivity index (χ4n) is 2.16. The Balaban J connectivity index is 1.85. The first-order chi connectivity index (χ1) is 7.93. The van der Waals surface area contributed by atoms with Crippen LogP contribution >= 0.6 is 11.3 Å². The summed E-state index contributed by atoms with van der Waals surface area (Å²) in [6, 6.07) is 8.46. The number of hydrogen-bond donors (Lipinski definition) is 1. The summed E-state index contributed by atoms with van der Waals surface area (Å²) < 4.78 is 7.41. The highest BCUT2D eigenvalue weighted by molar-refractivity contribution is 7.17. The normalized spacial score (nSPS) is 17.8. The molecule has 16 heavy (non-hydrogen) atoms. The molecule has 3 heteroatoms. The molecule has 0 spiro atoms. The zero-order valence-corrected chi connectivity index (χ0v) is 9.93. The minimum atomic E-state index is 0.381. The standard InChI is InChI=1S/C13H15NOS/c1-2-12(11-6-9-16-13(11)3-1)15-10-4-7-14-8-5-10/h1-3,6,9-10,14H,4-5,7-8H2. The maximum atomic E-state index is 6.09. The van der Waals surface area contributed by atoms with Gasteiger partial charge in [0.2, 0.25) is 0 Å². The van der Waals surface area contributed by atoms with Crippen LogP contribution < -0.4 is 10.1 Å². The molecule has 2 aromatic rings. The molecule has 1 saturated heterocycles. The van der Waals surface area contributed by atoms with Gasteiger partial charge in [-0.15, -0.1) is 11.3 Å². The number of fused-ring (bicyclic) bond motifs is 1. The van der Waals surface area contributed by atoms with E-state index < -0.39 is 0 Å². The molecule has 2 heterocycles. The molecule has 1 aliphatic rings. The van der Waals surface area contributed by atoms with Crippen LogP contribution in [0.15, 0.2) is 29.6 Å². The van der Waals surface area contributed by atoms with Crippen molar-refractivity contribution in [1.29, 1.82) is 0 Å². The van der Waals surface area contributed by atoms with Gasteiger partial charge in [-0.05, 0) is 49.5 Å². The highest BCUT2D eigenvalue weighted by atomic mass is 32.1. The van der Waals surface area contributed by atoms with Crippen LogP contribution in [0.25, 0.3) is 10.1 Å². The predicted octanol–water partition coefficient (Wildman–Crippen LogP) is 3.03. The molecule has 1 aliphatic heterocycles. The molecule has 0 amide bonds. The number of hydrogen-bond acceptors (Lipinski definition) is 3. The number of benzene rings is 1. The Morgan fingerprint density at radius 2 is 2.06 bits per heavy atom. The number of piperidine rings is 1. The Morgan fingerprint density at radius 1 is 1.19 bits per heavy atom. The average molecular weight is 233 g/mol. The Bertz CT molecular complexity index is 473. The SMILES string of the molecule is c1cc(OC2CCNCC2)c2ccsc2c1. The molecule has 1 aromatic heterocycles. The molecular weight excluding hydrogens is 218 g/mol.